The summed E-state index contributed by atoms with van der Waals surface area (Å²) in [6.45, 7) is 23.3. The number of hydrogen-bond donors (Lipinski definition) is 2. The Kier molecular flexibility index (Phi) is 25.2. The molecule has 4 aromatic rings. The van der Waals surface area contributed by atoms with E-state index >= 15 is 0 Å². The van der Waals surface area contributed by atoms with E-state index in [4.69, 9.17) is 32.9 Å². The van der Waals surface area contributed by atoms with Gasteiger partial charge < -0.3 is 39.4 Å². The van der Waals surface area contributed by atoms with Gasteiger partial charge in [0.25, 0.3) is 0 Å². The summed E-state index contributed by atoms with van der Waals surface area (Å²) < 4.78 is 34.0. The molecule has 13 heteroatoms. The van der Waals surface area contributed by atoms with E-state index < -0.39 is 17.4 Å². The van der Waals surface area contributed by atoms with Crippen LogP contribution < -0.4 is 59.8 Å². The van der Waals surface area contributed by atoms with E-state index in [1.165, 1.54) is 12.1 Å². The minimum absolute atomic E-state index is 0. The second-order valence-electron chi connectivity index (χ2n) is 11.7. The van der Waals surface area contributed by atoms with Gasteiger partial charge in [0.05, 0.1) is 22.4 Å². The molecule has 0 aliphatic rings. The zero-order chi connectivity index (χ0) is 40.2. The predicted octanol–water partition coefficient (Wildman–Crippen LogP) is 5.13. The number of carbonyl (C=O) groups excluding carboxylic acids is 1. The van der Waals surface area contributed by atoms with Gasteiger partial charge in [-0.3, -0.25) is 4.79 Å². The topological polar surface area (TPSA) is 155 Å². The zero-order valence-electron chi connectivity index (χ0n) is 34.7. The minimum atomic E-state index is -0.828. The van der Waals surface area contributed by atoms with Crippen LogP contribution in [0.2, 0.25) is 0 Å². The van der Waals surface area contributed by atoms with E-state index in [1.807, 2.05) is 20.8 Å². The molecule has 0 aliphatic heterocycles. The van der Waals surface area contributed by atoms with Gasteiger partial charge in [-0.15, -0.1) is 0 Å². The molecule has 1 atom stereocenters. The third kappa shape index (κ3) is 13.4. The molecule has 2 aromatic carbocycles. The molecular weight excluding hydrogens is 726 g/mol. The van der Waals surface area contributed by atoms with Crippen LogP contribution in [0.5, 0.6) is 23.0 Å². The summed E-state index contributed by atoms with van der Waals surface area (Å²) in [6.07, 6.45) is 9.40. The SMILES string of the molecule is C=CCOc1cc(OCC=C)c2c(CCC)cc(=O)oc2c1C(=O)CC.C=CCOc1cc(OCC=C)c2c(CCC)cc(=O)oc2c1C(O)CC.CO.[B].[H-].[Na+]. The molecule has 0 saturated carbocycles. The number of aliphatic hydroxyl groups excluding tert-OH is 2. The van der Waals surface area contributed by atoms with Gasteiger partial charge in [-0.25, -0.2) is 9.59 Å². The average molecular weight is 782 g/mol. The fourth-order valence-electron chi connectivity index (χ4n) is 5.69. The Morgan fingerprint density at radius 2 is 1.09 bits per heavy atom. The minimum Gasteiger partial charge on any atom is -1.00 e. The fraction of sp³-hybridized carbons (Fsp3) is 0.372. The van der Waals surface area contributed by atoms with Gasteiger partial charge in [0.1, 0.15) is 55.0 Å². The Bertz CT molecular complexity index is 2020. The van der Waals surface area contributed by atoms with Crippen molar-refractivity contribution in [2.45, 2.75) is 72.3 Å². The largest absolute Gasteiger partial charge is 1.00 e. The van der Waals surface area contributed by atoms with Crippen LogP contribution in [0.3, 0.4) is 0 Å². The van der Waals surface area contributed by atoms with Gasteiger partial charge in [0, 0.05) is 46.2 Å². The molecule has 2 aromatic heterocycles. The zero-order valence-corrected chi connectivity index (χ0v) is 35.7. The summed E-state index contributed by atoms with van der Waals surface area (Å²) in [6, 6.07) is 6.36. The molecule has 0 aliphatic carbocycles. The van der Waals surface area contributed by atoms with Crippen LogP contribution in [0.15, 0.2) is 93.3 Å². The van der Waals surface area contributed by atoms with Gasteiger partial charge in [0.2, 0.25) is 0 Å². The average Bonchev–Trinajstić information content (AvgIpc) is 3.17. The molecule has 1 unspecified atom stereocenters. The monoisotopic (exact) mass is 781 g/mol. The number of aryl methyl sites for hydroxylation is 2. The van der Waals surface area contributed by atoms with Crippen molar-refractivity contribution in [1.29, 1.82) is 0 Å². The molecule has 2 heterocycles. The number of hydrogen-bond acceptors (Lipinski definition) is 11. The van der Waals surface area contributed by atoms with E-state index in [0.29, 0.717) is 70.8 Å². The van der Waals surface area contributed by atoms with Crippen LogP contribution in [0, 0.1) is 0 Å². The van der Waals surface area contributed by atoms with Gasteiger partial charge in [-0.2, -0.15) is 0 Å². The summed E-state index contributed by atoms with van der Waals surface area (Å²) >= 11 is 0. The number of ether oxygens (including phenoxy) is 4. The van der Waals surface area contributed by atoms with Gasteiger partial charge in [-0.1, -0.05) is 91.2 Å². The number of aliphatic hydroxyl groups is 2. The molecule has 2 N–H and O–H groups in total. The van der Waals surface area contributed by atoms with E-state index in [0.717, 1.165) is 31.1 Å². The van der Waals surface area contributed by atoms with Gasteiger partial charge in [0.15, 0.2) is 16.9 Å². The maximum atomic E-state index is 12.6. The van der Waals surface area contributed by atoms with E-state index in [1.54, 1.807) is 43.4 Å². The van der Waals surface area contributed by atoms with E-state index in [2.05, 4.69) is 26.3 Å². The Balaban J connectivity index is 0. The molecule has 3 radical (unpaired) electrons. The van der Waals surface area contributed by atoms with Crippen LogP contribution in [0.25, 0.3) is 21.9 Å². The number of ketones is 1. The van der Waals surface area contributed by atoms with Crippen molar-refractivity contribution < 1.29 is 73.8 Å². The summed E-state index contributed by atoms with van der Waals surface area (Å²) in [4.78, 5) is 36.8. The predicted molar refractivity (Wildman–Crippen MR) is 221 cm³/mol. The van der Waals surface area contributed by atoms with Crippen molar-refractivity contribution >= 4 is 36.1 Å². The van der Waals surface area contributed by atoms with Crippen LogP contribution >= 0.6 is 0 Å². The molecule has 0 bridgehead atoms. The summed E-state index contributed by atoms with van der Waals surface area (Å²) in [5.41, 5.74) is 1.93. The molecule has 297 valence electrons. The van der Waals surface area contributed by atoms with E-state index in [-0.39, 0.29) is 82.6 Å². The fourth-order valence-corrected chi connectivity index (χ4v) is 5.69. The standard InChI is InChI=1S/C21H26O5.C21H24O5.CH4O.B.Na.H/c2*1-5-9-14-12-18(23)26-21-19(14)16(24-10-6-2)13-17(25-11-7-3)20(21)15(22)8-4;1-2;;;/h6-7,12-13,15,22H,2-3,5,8-11H2,1,4H3;6-7,12-13H,2-3,5,8-11H2,1,4H3;2H,1H3;;;/q;;;;+1;-1. The Morgan fingerprint density at radius 1 is 0.696 bits per heavy atom. The normalized spacial score (nSPS) is 10.6. The molecule has 0 amide bonds. The summed E-state index contributed by atoms with van der Waals surface area (Å²) in [5, 5.41) is 18.9. The molecule has 0 fully saturated rings. The maximum Gasteiger partial charge on any atom is 1.00 e. The smallest absolute Gasteiger partial charge is 1.00 e. The number of Topliss-reactive ketones (excluding diaryl/α,β-unsaturated/α-hetero) is 1. The first-order chi connectivity index (χ1) is 26.1. The van der Waals surface area contributed by atoms with Crippen molar-refractivity contribution in [2.24, 2.45) is 0 Å². The van der Waals surface area contributed by atoms with Crippen LogP contribution in [-0.4, -0.2) is 57.9 Å². The molecule has 4 rings (SSSR count). The number of carbonyl (C=O) groups is 1. The van der Waals surface area contributed by atoms with E-state index in [9.17, 15) is 19.5 Å². The van der Waals surface area contributed by atoms with Crippen LogP contribution in [0.4, 0.5) is 0 Å². The Hall–Kier alpha value is -4.33. The van der Waals surface area contributed by atoms with Crippen molar-refractivity contribution in [3.05, 3.63) is 118 Å². The first kappa shape index (κ1) is 51.7. The Labute approximate surface area is 355 Å². The summed E-state index contributed by atoms with van der Waals surface area (Å²) in [7, 11) is 1.00. The second kappa shape index (κ2) is 27.3. The molecule has 56 heavy (non-hydrogen) atoms. The van der Waals surface area contributed by atoms with Crippen LogP contribution in [-0.2, 0) is 12.8 Å². The molecular formula is C43H55BNaO11. The summed E-state index contributed by atoms with van der Waals surface area (Å²) in [5.74, 6) is 1.61. The molecule has 11 nitrogen and oxygen atoms in total. The van der Waals surface area contributed by atoms with Gasteiger partial charge in [-0.05, 0) is 30.4 Å². The number of fused-ring (bicyclic) bond motifs is 2. The van der Waals surface area contributed by atoms with Gasteiger partial charge >= 0.3 is 40.8 Å². The second-order valence-corrected chi connectivity index (χ2v) is 11.7. The number of benzene rings is 2. The quantitative estimate of drug-likeness (QED) is 0.0531. The molecule has 0 spiro atoms. The first-order valence-corrected chi connectivity index (χ1v) is 18.0. The Morgan fingerprint density at radius 3 is 1.50 bits per heavy atom. The maximum absolute atomic E-state index is 12.6. The van der Waals surface area contributed by atoms with Crippen molar-refractivity contribution in [1.82, 2.24) is 0 Å². The van der Waals surface area contributed by atoms with Crippen molar-refractivity contribution in [2.75, 3.05) is 33.5 Å². The first-order valence-electron chi connectivity index (χ1n) is 18.0. The third-order valence-corrected chi connectivity index (χ3v) is 7.87. The van der Waals surface area contributed by atoms with Crippen molar-refractivity contribution in [3.8, 4) is 23.0 Å². The molecule has 0 saturated heterocycles. The number of rotatable bonds is 20. The van der Waals surface area contributed by atoms with Crippen LogP contribution in [0.1, 0.15) is 88.0 Å². The third-order valence-electron chi connectivity index (χ3n) is 7.87. The van der Waals surface area contributed by atoms with Crippen molar-refractivity contribution in [3.63, 3.8) is 0 Å².